The Morgan fingerprint density at radius 2 is 1.89 bits per heavy atom. The van der Waals surface area contributed by atoms with E-state index in [0.29, 0.717) is 32.8 Å². The highest BCUT2D eigenvalue weighted by Gasteiger charge is 2.36. The molecule has 2 aromatic rings. The van der Waals surface area contributed by atoms with Crippen LogP contribution in [0.25, 0.3) is 6.08 Å². The summed E-state index contributed by atoms with van der Waals surface area (Å²) in [6, 6.07) is 4.48. The number of esters is 1. The highest BCUT2D eigenvalue weighted by atomic mass is 79.9. The molecular weight excluding hydrogens is 585 g/mol. The predicted molar refractivity (Wildman–Crippen MR) is 130 cm³/mol. The quantitative estimate of drug-likeness (QED) is 0.254. The number of amides is 3. The van der Waals surface area contributed by atoms with Crippen molar-refractivity contribution < 1.29 is 46.6 Å². The van der Waals surface area contributed by atoms with Gasteiger partial charge in [0.05, 0.1) is 28.8 Å². The second kappa shape index (κ2) is 12.1. The van der Waals surface area contributed by atoms with Gasteiger partial charge >= 0.3 is 5.97 Å². The minimum Gasteiger partial charge on any atom is -0.493 e. The third kappa shape index (κ3) is 6.63. The molecule has 1 fully saturated rings. The highest BCUT2D eigenvalue weighted by molar-refractivity contribution is 9.10. The summed E-state index contributed by atoms with van der Waals surface area (Å²) in [6.07, 6.45) is 1.38. The van der Waals surface area contributed by atoms with Crippen molar-refractivity contribution in [1.82, 2.24) is 4.90 Å². The molecule has 2 aromatic carbocycles. The summed E-state index contributed by atoms with van der Waals surface area (Å²) in [4.78, 5) is 49.5. The summed E-state index contributed by atoms with van der Waals surface area (Å²) in [5.41, 5.74) is -0.223. The number of carbonyl (C=O) groups is 4. The highest BCUT2D eigenvalue weighted by Crippen LogP contribution is 2.39. The first-order chi connectivity index (χ1) is 17.5. The van der Waals surface area contributed by atoms with Crippen molar-refractivity contribution in [3.8, 4) is 11.5 Å². The second-order valence-electron chi connectivity index (χ2n) is 7.17. The number of hydrogen-bond donors (Lipinski definition) is 1. The van der Waals surface area contributed by atoms with Gasteiger partial charge in [-0.25, -0.2) is 18.0 Å². The van der Waals surface area contributed by atoms with Crippen LogP contribution in [0.2, 0.25) is 0 Å². The van der Waals surface area contributed by atoms with E-state index in [1.54, 1.807) is 13.0 Å². The third-order valence-corrected chi connectivity index (χ3v) is 6.17. The molecule has 0 bridgehead atoms. The number of anilines is 1. The molecule has 0 saturated carbocycles. The minimum atomic E-state index is -1.77. The first-order valence-electron chi connectivity index (χ1n) is 10.4. The lowest BCUT2D eigenvalue weighted by Crippen LogP contribution is -2.36. The number of hydrogen-bond acceptors (Lipinski definition) is 8. The van der Waals surface area contributed by atoms with E-state index in [1.807, 2.05) is 5.32 Å². The fourth-order valence-corrected chi connectivity index (χ4v) is 4.45. The zero-order valence-corrected chi connectivity index (χ0v) is 21.6. The van der Waals surface area contributed by atoms with Gasteiger partial charge in [0.25, 0.3) is 11.1 Å². The third-order valence-electron chi connectivity index (χ3n) is 4.67. The second-order valence-corrected chi connectivity index (χ2v) is 9.01. The van der Waals surface area contributed by atoms with Gasteiger partial charge in [0.15, 0.2) is 35.6 Å². The van der Waals surface area contributed by atoms with Crippen molar-refractivity contribution in [3.05, 3.63) is 56.7 Å². The first-order valence-corrected chi connectivity index (χ1v) is 12.0. The van der Waals surface area contributed by atoms with E-state index in [0.717, 1.165) is 6.07 Å². The normalized spacial score (nSPS) is 14.2. The largest absolute Gasteiger partial charge is 0.493 e. The maximum absolute atomic E-state index is 13.8. The van der Waals surface area contributed by atoms with E-state index < -0.39 is 52.7 Å². The molecule has 0 aromatic heterocycles. The van der Waals surface area contributed by atoms with E-state index >= 15 is 0 Å². The molecule has 3 amide bonds. The number of thioether (sulfide) groups is 1. The topological polar surface area (TPSA) is 111 Å². The molecule has 1 saturated heterocycles. The average Bonchev–Trinajstić information content (AvgIpc) is 3.10. The SMILES string of the molecule is CCOC(=O)COc1c(Br)cc(/C=C2\SC(=O)N(CC(=O)Nc3ccc(F)c(F)c3F)C2=O)cc1OC. The molecule has 9 nitrogen and oxygen atoms in total. The number of nitrogens with one attached hydrogen (secondary N) is 1. The zero-order chi connectivity index (χ0) is 27.3. The summed E-state index contributed by atoms with van der Waals surface area (Å²) in [6.45, 7) is 0.702. The molecule has 37 heavy (non-hydrogen) atoms. The molecule has 1 aliphatic heterocycles. The molecule has 1 N–H and O–H groups in total. The van der Waals surface area contributed by atoms with Crippen molar-refractivity contribution in [2.45, 2.75) is 6.92 Å². The Hall–Kier alpha value is -3.52. The Balaban J connectivity index is 1.74. The maximum Gasteiger partial charge on any atom is 0.344 e. The lowest BCUT2D eigenvalue weighted by atomic mass is 10.2. The van der Waals surface area contributed by atoms with Gasteiger partial charge in [-0.2, -0.15) is 0 Å². The van der Waals surface area contributed by atoms with Gasteiger partial charge in [-0.3, -0.25) is 19.3 Å². The molecule has 0 unspecified atom stereocenters. The van der Waals surface area contributed by atoms with Crippen LogP contribution in [0, 0.1) is 17.5 Å². The van der Waals surface area contributed by atoms with Gasteiger partial charge in [-0.15, -0.1) is 0 Å². The van der Waals surface area contributed by atoms with E-state index in [-0.39, 0.29) is 29.6 Å². The number of benzene rings is 2. The molecular formula is C23H18BrF3N2O7S. The van der Waals surface area contributed by atoms with Crippen LogP contribution in [0.1, 0.15) is 12.5 Å². The summed E-state index contributed by atoms with van der Waals surface area (Å²) in [7, 11) is 1.37. The van der Waals surface area contributed by atoms with Crippen LogP contribution in [-0.2, 0) is 19.1 Å². The molecule has 0 atom stereocenters. The van der Waals surface area contributed by atoms with Crippen molar-refractivity contribution in [3.63, 3.8) is 0 Å². The minimum absolute atomic E-state index is 0.0223. The summed E-state index contributed by atoms with van der Waals surface area (Å²) in [5, 5.41) is 1.24. The van der Waals surface area contributed by atoms with E-state index in [2.05, 4.69) is 15.9 Å². The number of halogens is 4. The van der Waals surface area contributed by atoms with Crippen molar-refractivity contribution in [2.75, 3.05) is 32.2 Å². The Labute approximate surface area is 221 Å². The number of ether oxygens (including phenoxy) is 3. The van der Waals surface area contributed by atoms with Crippen LogP contribution in [0.3, 0.4) is 0 Å². The molecule has 14 heteroatoms. The van der Waals surface area contributed by atoms with E-state index in [4.69, 9.17) is 14.2 Å². The van der Waals surface area contributed by atoms with E-state index in [9.17, 15) is 32.3 Å². The zero-order valence-electron chi connectivity index (χ0n) is 19.2. The Bertz CT molecular complexity index is 1310. The monoisotopic (exact) mass is 602 g/mol. The lowest BCUT2D eigenvalue weighted by molar-refractivity contribution is -0.145. The lowest BCUT2D eigenvalue weighted by Gasteiger charge is -2.13. The van der Waals surface area contributed by atoms with Crippen molar-refractivity contribution in [2.24, 2.45) is 0 Å². The molecule has 3 rings (SSSR count). The number of imide groups is 1. The molecule has 0 radical (unpaired) electrons. The Kier molecular flexibility index (Phi) is 9.21. The number of methoxy groups -OCH3 is 1. The first kappa shape index (κ1) is 28.1. The van der Waals surface area contributed by atoms with Gasteiger partial charge < -0.3 is 19.5 Å². The smallest absolute Gasteiger partial charge is 0.344 e. The maximum atomic E-state index is 13.8. The van der Waals surface area contributed by atoms with Crippen LogP contribution in [-0.4, -0.2) is 54.8 Å². The van der Waals surface area contributed by atoms with Gasteiger partial charge in [0.1, 0.15) is 6.54 Å². The molecule has 1 heterocycles. The summed E-state index contributed by atoms with van der Waals surface area (Å²) < 4.78 is 56.2. The molecule has 196 valence electrons. The summed E-state index contributed by atoms with van der Waals surface area (Å²) in [5.74, 6) is -6.77. The standard InChI is InChI=1S/C23H18BrF3N2O7S/c1-3-35-18(31)10-36-21-12(24)6-11(7-15(21)34-2)8-16-22(32)29(23(33)37-16)9-17(30)28-14-5-4-13(25)19(26)20(14)27/h4-8H,3,9-10H2,1-2H3,(H,28,30)/b16-8-. The van der Waals surface area contributed by atoms with Crippen molar-refractivity contribution >= 4 is 62.5 Å². The number of rotatable bonds is 9. The van der Waals surface area contributed by atoms with Crippen LogP contribution in [0.5, 0.6) is 11.5 Å². The Morgan fingerprint density at radius 1 is 1.16 bits per heavy atom. The van der Waals surface area contributed by atoms with Crippen LogP contribution >= 0.6 is 27.7 Å². The Morgan fingerprint density at radius 3 is 2.57 bits per heavy atom. The van der Waals surface area contributed by atoms with E-state index in [1.165, 1.54) is 19.3 Å². The van der Waals surface area contributed by atoms with Gasteiger partial charge in [0.2, 0.25) is 5.91 Å². The average molecular weight is 603 g/mol. The molecule has 1 aliphatic rings. The fraction of sp³-hybridized carbons (Fsp3) is 0.217. The van der Waals surface area contributed by atoms with Gasteiger partial charge in [0, 0.05) is 0 Å². The predicted octanol–water partition coefficient (Wildman–Crippen LogP) is 4.49. The molecule has 0 aliphatic carbocycles. The number of carbonyl (C=O) groups excluding carboxylic acids is 4. The fourth-order valence-electron chi connectivity index (χ4n) is 3.04. The van der Waals surface area contributed by atoms with Crippen LogP contribution in [0.4, 0.5) is 23.7 Å². The van der Waals surface area contributed by atoms with Crippen molar-refractivity contribution in [1.29, 1.82) is 0 Å². The molecule has 0 spiro atoms. The summed E-state index contributed by atoms with van der Waals surface area (Å²) >= 11 is 3.87. The van der Waals surface area contributed by atoms with Gasteiger partial charge in [-0.05, 0) is 70.5 Å². The van der Waals surface area contributed by atoms with Crippen LogP contribution in [0.15, 0.2) is 33.6 Å². The van der Waals surface area contributed by atoms with Gasteiger partial charge in [-0.1, -0.05) is 0 Å². The van der Waals surface area contributed by atoms with Crippen LogP contribution < -0.4 is 14.8 Å². The number of nitrogens with zero attached hydrogens (tertiary/aromatic N) is 1.